The summed E-state index contributed by atoms with van der Waals surface area (Å²) in [6.07, 6.45) is 3.22. The molecule has 0 bridgehead atoms. The molecule has 0 amide bonds. The molecule has 0 aliphatic heterocycles. The SMILES string of the molecule is CCc1nnsc1-c1nc2cc(C#N)ccc2n1C1CC1. The molecule has 0 atom stereocenters. The molecule has 0 N–H and O–H groups in total. The second kappa shape index (κ2) is 4.64. The predicted molar refractivity (Wildman–Crippen MR) is 81.0 cm³/mol. The van der Waals surface area contributed by atoms with Gasteiger partial charge in [0.2, 0.25) is 0 Å². The number of nitrogens with zero attached hydrogens (tertiary/aromatic N) is 5. The molecule has 1 aliphatic rings. The minimum absolute atomic E-state index is 0.518. The van der Waals surface area contributed by atoms with Crippen molar-refractivity contribution < 1.29 is 0 Å². The first-order chi connectivity index (χ1) is 10.3. The zero-order valence-corrected chi connectivity index (χ0v) is 12.4. The van der Waals surface area contributed by atoms with Crippen LogP contribution in [0.1, 0.15) is 37.1 Å². The van der Waals surface area contributed by atoms with Crippen molar-refractivity contribution in [3.63, 3.8) is 0 Å². The van der Waals surface area contributed by atoms with Gasteiger partial charge in [0.15, 0.2) is 5.82 Å². The van der Waals surface area contributed by atoms with Crippen molar-refractivity contribution >= 4 is 22.6 Å². The summed E-state index contributed by atoms with van der Waals surface area (Å²) >= 11 is 1.40. The minimum atomic E-state index is 0.518. The lowest BCUT2D eigenvalue weighted by molar-refractivity contribution is 0.775. The largest absolute Gasteiger partial charge is 0.320 e. The van der Waals surface area contributed by atoms with Gasteiger partial charge in [0, 0.05) is 6.04 Å². The van der Waals surface area contributed by atoms with Crippen LogP contribution in [-0.4, -0.2) is 19.1 Å². The smallest absolute Gasteiger partial charge is 0.155 e. The van der Waals surface area contributed by atoms with E-state index in [0.29, 0.717) is 11.6 Å². The summed E-state index contributed by atoms with van der Waals surface area (Å²) in [5.74, 6) is 0.953. The molecule has 1 saturated carbocycles. The molecule has 1 aliphatic carbocycles. The third-order valence-corrected chi connectivity index (χ3v) is 4.59. The van der Waals surface area contributed by atoms with Gasteiger partial charge in [-0.1, -0.05) is 11.4 Å². The lowest BCUT2D eigenvalue weighted by Gasteiger charge is -2.06. The number of nitriles is 1. The fraction of sp³-hybridized carbons (Fsp3) is 0.333. The van der Waals surface area contributed by atoms with E-state index in [-0.39, 0.29) is 0 Å². The Kier molecular flexibility index (Phi) is 2.76. The van der Waals surface area contributed by atoms with Crippen LogP contribution in [0.25, 0.3) is 21.7 Å². The molecule has 4 rings (SSSR count). The monoisotopic (exact) mass is 295 g/mol. The molecule has 21 heavy (non-hydrogen) atoms. The number of aryl methyl sites for hydroxylation is 1. The number of rotatable bonds is 3. The molecule has 2 aromatic heterocycles. The van der Waals surface area contributed by atoms with Crippen molar-refractivity contribution in [1.82, 2.24) is 19.1 Å². The minimum Gasteiger partial charge on any atom is -0.320 e. The van der Waals surface area contributed by atoms with Crippen molar-refractivity contribution in [2.24, 2.45) is 0 Å². The maximum atomic E-state index is 9.06. The van der Waals surface area contributed by atoms with Crippen molar-refractivity contribution in [1.29, 1.82) is 5.26 Å². The van der Waals surface area contributed by atoms with E-state index in [1.54, 1.807) is 0 Å². The van der Waals surface area contributed by atoms with Crippen LogP contribution >= 0.6 is 11.5 Å². The van der Waals surface area contributed by atoms with Gasteiger partial charge in [0.05, 0.1) is 28.4 Å². The lowest BCUT2D eigenvalue weighted by Crippen LogP contribution is -1.98. The topological polar surface area (TPSA) is 67.4 Å². The van der Waals surface area contributed by atoms with E-state index in [2.05, 4.69) is 27.1 Å². The first-order valence-electron chi connectivity index (χ1n) is 7.05. The molecule has 3 aromatic rings. The van der Waals surface area contributed by atoms with Gasteiger partial charge in [-0.15, -0.1) is 5.10 Å². The van der Waals surface area contributed by atoms with Crippen LogP contribution in [0.4, 0.5) is 0 Å². The Morgan fingerprint density at radius 1 is 1.43 bits per heavy atom. The molecular weight excluding hydrogens is 282 g/mol. The number of hydrogen-bond acceptors (Lipinski definition) is 5. The maximum absolute atomic E-state index is 9.06. The number of hydrogen-bond donors (Lipinski definition) is 0. The Hall–Kier alpha value is -2.26. The van der Waals surface area contributed by atoms with Crippen molar-refractivity contribution in [2.45, 2.75) is 32.2 Å². The fourth-order valence-corrected chi connectivity index (χ4v) is 3.38. The van der Waals surface area contributed by atoms with Gasteiger partial charge in [-0.3, -0.25) is 0 Å². The molecule has 104 valence electrons. The Morgan fingerprint density at radius 3 is 3.00 bits per heavy atom. The highest BCUT2D eigenvalue weighted by atomic mass is 32.1. The number of imidazole rings is 1. The van der Waals surface area contributed by atoms with E-state index in [1.165, 1.54) is 24.4 Å². The standard InChI is InChI=1S/C15H13N5S/c1-2-11-14(21-19-18-11)15-17-12-7-9(8-16)3-6-13(12)20(15)10-4-5-10/h3,6-7,10H,2,4-5H2,1H3. The van der Waals surface area contributed by atoms with Gasteiger partial charge in [0.1, 0.15) is 4.88 Å². The second-order valence-corrected chi connectivity index (χ2v) is 6.01. The van der Waals surface area contributed by atoms with E-state index >= 15 is 0 Å². The van der Waals surface area contributed by atoms with E-state index in [9.17, 15) is 0 Å². The third-order valence-electron chi connectivity index (χ3n) is 3.82. The van der Waals surface area contributed by atoms with Crippen molar-refractivity contribution in [3.8, 4) is 16.8 Å². The van der Waals surface area contributed by atoms with Gasteiger partial charge < -0.3 is 4.57 Å². The number of aromatic nitrogens is 4. The average molecular weight is 295 g/mol. The van der Waals surface area contributed by atoms with Crippen LogP contribution in [0.2, 0.25) is 0 Å². The first-order valence-corrected chi connectivity index (χ1v) is 7.83. The normalized spacial score (nSPS) is 14.5. The highest BCUT2D eigenvalue weighted by Gasteiger charge is 2.30. The summed E-state index contributed by atoms with van der Waals surface area (Å²) in [5, 5.41) is 13.3. The molecule has 1 fully saturated rings. The average Bonchev–Trinajstić information content (AvgIpc) is 3.12. The van der Waals surface area contributed by atoms with Crippen LogP contribution in [0.5, 0.6) is 0 Å². The molecule has 0 saturated heterocycles. The Labute approximate surface area is 126 Å². The van der Waals surface area contributed by atoms with Gasteiger partial charge >= 0.3 is 0 Å². The molecule has 1 aromatic carbocycles. The Morgan fingerprint density at radius 2 is 2.29 bits per heavy atom. The third kappa shape index (κ3) is 1.93. The molecule has 0 spiro atoms. The highest BCUT2D eigenvalue weighted by Crippen LogP contribution is 2.42. The fourth-order valence-electron chi connectivity index (χ4n) is 2.64. The summed E-state index contributed by atoms with van der Waals surface area (Å²) < 4.78 is 6.38. The highest BCUT2D eigenvalue weighted by molar-refractivity contribution is 7.09. The Balaban J connectivity index is 2.00. The van der Waals surface area contributed by atoms with Crippen LogP contribution in [0.15, 0.2) is 18.2 Å². The van der Waals surface area contributed by atoms with Crippen molar-refractivity contribution in [2.75, 3.05) is 0 Å². The van der Waals surface area contributed by atoms with Gasteiger partial charge in [0.25, 0.3) is 0 Å². The number of benzene rings is 1. The predicted octanol–water partition coefficient (Wildman–Crippen LogP) is 3.32. The van der Waals surface area contributed by atoms with E-state index < -0.39 is 0 Å². The summed E-state index contributed by atoms with van der Waals surface area (Å²) in [6.45, 7) is 2.08. The van der Waals surface area contributed by atoms with Gasteiger partial charge in [-0.05, 0) is 49.0 Å². The molecule has 0 unspecified atom stereocenters. The zero-order valence-electron chi connectivity index (χ0n) is 11.6. The van der Waals surface area contributed by atoms with Crippen LogP contribution in [0, 0.1) is 11.3 Å². The van der Waals surface area contributed by atoms with Gasteiger partial charge in [-0.25, -0.2) is 4.98 Å². The molecule has 6 heteroatoms. The van der Waals surface area contributed by atoms with Crippen molar-refractivity contribution in [3.05, 3.63) is 29.5 Å². The summed E-state index contributed by atoms with van der Waals surface area (Å²) in [4.78, 5) is 5.83. The summed E-state index contributed by atoms with van der Waals surface area (Å²) in [6, 6.07) is 8.42. The van der Waals surface area contributed by atoms with Crippen LogP contribution in [0.3, 0.4) is 0 Å². The number of fused-ring (bicyclic) bond motifs is 1. The summed E-state index contributed by atoms with van der Waals surface area (Å²) in [5.41, 5.74) is 3.62. The maximum Gasteiger partial charge on any atom is 0.155 e. The first kappa shape index (κ1) is 12.5. The molecule has 2 heterocycles. The lowest BCUT2D eigenvalue weighted by atomic mass is 10.2. The van der Waals surface area contributed by atoms with Crippen LogP contribution < -0.4 is 0 Å². The van der Waals surface area contributed by atoms with E-state index in [0.717, 1.165) is 33.8 Å². The van der Waals surface area contributed by atoms with Crippen LogP contribution in [-0.2, 0) is 6.42 Å². The molecule has 0 radical (unpaired) electrons. The summed E-state index contributed by atoms with van der Waals surface area (Å²) in [7, 11) is 0. The van der Waals surface area contributed by atoms with Gasteiger partial charge in [-0.2, -0.15) is 5.26 Å². The zero-order chi connectivity index (χ0) is 14.4. The second-order valence-electron chi connectivity index (χ2n) is 5.25. The molecule has 5 nitrogen and oxygen atoms in total. The Bertz CT molecular complexity index is 866. The van der Waals surface area contributed by atoms with E-state index in [4.69, 9.17) is 10.2 Å². The van der Waals surface area contributed by atoms with E-state index in [1.807, 2.05) is 18.2 Å². The molecular formula is C15H13N5S. The quantitative estimate of drug-likeness (QED) is 0.743.